The fraction of sp³-hybridized carbons (Fsp3) is 0.261. The molecule has 7 nitrogen and oxygen atoms in total. The van der Waals surface area contributed by atoms with E-state index in [1.165, 1.54) is 18.2 Å². The normalized spacial score (nSPS) is 19.6. The van der Waals surface area contributed by atoms with Gasteiger partial charge in [-0.3, -0.25) is 14.9 Å². The molecule has 3 aromatic rings. The molecule has 2 aromatic carbocycles. The van der Waals surface area contributed by atoms with Crippen molar-refractivity contribution in [2.75, 3.05) is 0 Å². The molecule has 0 spiro atoms. The SMILES string of the molecule is CC1(C)Oc2ccc([N+](=O)[O-])cc2C(c2cccn(Cc3ccccc3)c2=O)C1O. The highest BCUT2D eigenvalue weighted by molar-refractivity contribution is 5.51. The number of nitro benzene ring substituents is 1. The van der Waals surface area contributed by atoms with Crippen LogP contribution in [0.5, 0.6) is 5.75 Å². The largest absolute Gasteiger partial charge is 0.485 e. The third-order valence-electron chi connectivity index (χ3n) is 5.52. The first-order chi connectivity index (χ1) is 14.3. The number of nitrogens with zero attached hydrogens (tertiary/aromatic N) is 2. The molecule has 1 N–H and O–H groups in total. The smallest absolute Gasteiger partial charge is 0.269 e. The zero-order chi connectivity index (χ0) is 21.5. The zero-order valence-electron chi connectivity index (χ0n) is 16.7. The number of rotatable bonds is 4. The van der Waals surface area contributed by atoms with E-state index in [9.17, 15) is 20.0 Å². The van der Waals surface area contributed by atoms with Crippen molar-refractivity contribution in [2.45, 2.75) is 38.0 Å². The van der Waals surface area contributed by atoms with Gasteiger partial charge in [-0.05, 0) is 31.5 Å². The maximum Gasteiger partial charge on any atom is 0.269 e. The lowest BCUT2D eigenvalue weighted by Crippen LogP contribution is -2.50. The first kappa shape index (κ1) is 19.8. The Labute approximate surface area is 173 Å². The van der Waals surface area contributed by atoms with Crippen molar-refractivity contribution in [1.29, 1.82) is 0 Å². The van der Waals surface area contributed by atoms with E-state index in [0.717, 1.165) is 5.56 Å². The van der Waals surface area contributed by atoms with Crippen molar-refractivity contribution >= 4 is 5.69 Å². The van der Waals surface area contributed by atoms with Crippen LogP contribution in [0, 0.1) is 10.1 Å². The Morgan fingerprint density at radius 2 is 1.83 bits per heavy atom. The Bertz CT molecular complexity index is 1150. The molecule has 30 heavy (non-hydrogen) atoms. The number of hydrogen-bond donors (Lipinski definition) is 1. The van der Waals surface area contributed by atoms with Crippen LogP contribution in [0.2, 0.25) is 0 Å². The average molecular weight is 406 g/mol. The van der Waals surface area contributed by atoms with Crippen LogP contribution in [0.4, 0.5) is 5.69 Å². The van der Waals surface area contributed by atoms with Gasteiger partial charge in [-0.25, -0.2) is 0 Å². The van der Waals surface area contributed by atoms with Crippen LogP contribution in [0.1, 0.15) is 36.5 Å². The van der Waals surface area contributed by atoms with Gasteiger partial charge in [0.1, 0.15) is 17.5 Å². The molecule has 0 amide bonds. The van der Waals surface area contributed by atoms with Crippen LogP contribution in [0.25, 0.3) is 0 Å². The van der Waals surface area contributed by atoms with Crippen LogP contribution >= 0.6 is 0 Å². The summed E-state index contributed by atoms with van der Waals surface area (Å²) in [5.41, 5.74) is 0.445. The molecular weight excluding hydrogens is 384 g/mol. The lowest BCUT2D eigenvalue weighted by atomic mass is 9.77. The molecule has 4 rings (SSSR count). The molecule has 0 saturated heterocycles. The molecule has 2 atom stereocenters. The van der Waals surface area contributed by atoms with E-state index < -0.39 is 22.5 Å². The summed E-state index contributed by atoms with van der Waals surface area (Å²) in [5.74, 6) is -0.321. The number of aliphatic hydroxyl groups excluding tert-OH is 1. The summed E-state index contributed by atoms with van der Waals surface area (Å²) < 4.78 is 7.48. The number of non-ortho nitro benzene ring substituents is 1. The van der Waals surface area contributed by atoms with Crippen LogP contribution in [0.15, 0.2) is 71.7 Å². The van der Waals surface area contributed by atoms with Crippen molar-refractivity contribution in [3.8, 4) is 5.75 Å². The van der Waals surface area contributed by atoms with Gasteiger partial charge >= 0.3 is 0 Å². The molecule has 1 aromatic heterocycles. The van der Waals surface area contributed by atoms with Crippen molar-refractivity contribution in [3.05, 3.63) is 104 Å². The third-order valence-corrected chi connectivity index (χ3v) is 5.52. The van der Waals surface area contributed by atoms with E-state index in [1.807, 2.05) is 30.3 Å². The highest BCUT2D eigenvalue weighted by Crippen LogP contribution is 2.44. The topological polar surface area (TPSA) is 94.6 Å². The van der Waals surface area contributed by atoms with Crippen molar-refractivity contribution in [2.24, 2.45) is 0 Å². The van der Waals surface area contributed by atoms with E-state index >= 15 is 0 Å². The minimum atomic E-state index is -1.06. The van der Waals surface area contributed by atoms with E-state index in [-0.39, 0.29) is 11.2 Å². The second-order valence-corrected chi connectivity index (χ2v) is 7.99. The molecule has 0 fully saturated rings. The molecular formula is C23H22N2O5. The highest BCUT2D eigenvalue weighted by Gasteiger charge is 2.45. The number of pyridine rings is 1. The summed E-state index contributed by atoms with van der Waals surface area (Å²) in [4.78, 5) is 24.1. The molecule has 1 aliphatic heterocycles. The number of hydrogen-bond acceptors (Lipinski definition) is 5. The molecule has 2 heterocycles. The van der Waals surface area contributed by atoms with Gasteiger partial charge in [0.15, 0.2) is 0 Å². The van der Waals surface area contributed by atoms with E-state index in [1.54, 1.807) is 36.7 Å². The van der Waals surface area contributed by atoms with Gasteiger partial charge in [0.25, 0.3) is 11.2 Å². The molecule has 0 aliphatic carbocycles. The summed E-state index contributed by atoms with van der Waals surface area (Å²) in [5, 5.41) is 22.4. The Balaban J connectivity index is 1.85. The van der Waals surface area contributed by atoms with Gasteiger partial charge in [0, 0.05) is 35.4 Å². The van der Waals surface area contributed by atoms with Gasteiger partial charge in [0.2, 0.25) is 0 Å². The predicted molar refractivity (Wildman–Crippen MR) is 112 cm³/mol. The standard InChI is InChI=1S/C23H22N2O5/c1-23(2)21(26)20(18-13-16(25(28)29)10-11-19(18)30-23)17-9-6-12-24(22(17)27)14-15-7-4-3-5-8-15/h3-13,20-21,26H,14H2,1-2H3. The summed E-state index contributed by atoms with van der Waals surface area (Å²) in [6.45, 7) is 3.86. The van der Waals surface area contributed by atoms with Crippen molar-refractivity contribution in [1.82, 2.24) is 4.57 Å². The first-order valence-corrected chi connectivity index (χ1v) is 9.66. The number of fused-ring (bicyclic) bond motifs is 1. The fourth-order valence-electron chi connectivity index (χ4n) is 3.93. The molecule has 0 radical (unpaired) electrons. The molecule has 7 heteroatoms. The maximum atomic E-state index is 13.3. The van der Waals surface area contributed by atoms with Crippen molar-refractivity contribution in [3.63, 3.8) is 0 Å². The lowest BCUT2D eigenvalue weighted by molar-refractivity contribution is -0.385. The number of aromatic nitrogens is 1. The summed E-state index contributed by atoms with van der Waals surface area (Å²) in [7, 11) is 0. The maximum absolute atomic E-state index is 13.3. The quantitative estimate of drug-likeness (QED) is 0.529. The number of ether oxygens (including phenoxy) is 1. The number of aliphatic hydroxyl groups is 1. The minimum absolute atomic E-state index is 0.116. The predicted octanol–water partition coefficient (Wildman–Crippen LogP) is 3.47. The van der Waals surface area contributed by atoms with Crippen LogP contribution in [-0.4, -0.2) is 26.3 Å². The summed E-state index contributed by atoms with van der Waals surface area (Å²) in [6.07, 6.45) is 0.636. The molecule has 1 aliphatic rings. The Kier molecular flexibility index (Phi) is 4.91. The summed E-state index contributed by atoms with van der Waals surface area (Å²) in [6, 6.07) is 17.3. The molecule has 0 bridgehead atoms. The van der Waals surface area contributed by atoms with Crippen LogP contribution in [-0.2, 0) is 6.54 Å². The van der Waals surface area contributed by atoms with Crippen LogP contribution < -0.4 is 10.3 Å². The third kappa shape index (κ3) is 3.48. The van der Waals surface area contributed by atoms with Crippen LogP contribution in [0.3, 0.4) is 0 Å². The minimum Gasteiger partial charge on any atom is -0.485 e. The highest BCUT2D eigenvalue weighted by atomic mass is 16.6. The fourth-order valence-corrected chi connectivity index (χ4v) is 3.93. The average Bonchev–Trinajstić information content (AvgIpc) is 2.71. The first-order valence-electron chi connectivity index (χ1n) is 9.66. The molecule has 0 saturated carbocycles. The zero-order valence-corrected chi connectivity index (χ0v) is 16.7. The van der Waals surface area contributed by atoms with Gasteiger partial charge in [-0.1, -0.05) is 36.4 Å². The Hall–Kier alpha value is -3.45. The summed E-state index contributed by atoms with van der Waals surface area (Å²) >= 11 is 0. The Morgan fingerprint density at radius 3 is 2.53 bits per heavy atom. The second-order valence-electron chi connectivity index (χ2n) is 7.99. The monoisotopic (exact) mass is 406 g/mol. The second kappa shape index (κ2) is 7.42. The number of benzene rings is 2. The Morgan fingerprint density at radius 1 is 1.10 bits per heavy atom. The van der Waals surface area contributed by atoms with E-state index in [4.69, 9.17) is 4.74 Å². The van der Waals surface area contributed by atoms with Gasteiger partial charge in [-0.2, -0.15) is 0 Å². The van der Waals surface area contributed by atoms with Gasteiger partial charge in [-0.15, -0.1) is 0 Å². The lowest BCUT2D eigenvalue weighted by Gasteiger charge is -2.42. The molecule has 2 unspecified atom stereocenters. The van der Waals surface area contributed by atoms with Crippen molar-refractivity contribution < 1.29 is 14.8 Å². The van der Waals surface area contributed by atoms with E-state index in [2.05, 4.69) is 0 Å². The van der Waals surface area contributed by atoms with E-state index in [0.29, 0.717) is 23.4 Å². The number of nitro groups is 1. The van der Waals surface area contributed by atoms with Gasteiger partial charge in [0.05, 0.1) is 11.5 Å². The van der Waals surface area contributed by atoms with Gasteiger partial charge < -0.3 is 14.4 Å². The molecule has 154 valence electrons.